The van der Waals surface area contributed by atoms with Crippen molar-refractivity contribution in [1.82, 2.24) is 4.90 Å². The minimum atomic E-state index is -0.888. The molecule has 2 N–H and O–H groups in total. The Morgan fingerprint density at radius 3 is 2.68 bits per heavy atom. The number of carbonyl (C=O) groups is 2. The second-order valence-electron chi connectivity index (χ2n) is 5.11. The molecule has 122 valence electrons. The first-order valence-electron chi connectivity index (χ1n) is 6.61. The molecule has 1 aromatic rings. The Balaban J connectivity index is 0.00000242. The van der Waals surface area contributed by atoms with Crippen LogP contribution in [0.3, 0.4) is 0 Å². The van der Waals surface area contributed by atoms with Crippen LogP contribution in [0.25, 0.3) is 0 Å². The number of carbonyl (C=O) groups excluding carboxylic acids is 1. The average molecular weight is 335 g/mol. The van der Waals surface area contributed by atoms with Gasteiger partial charge in [-0.2, -0.15) is 0 Å². The van der Waals surface area contributed by atoms with E-state index in [9.17, 15) is 18.4 Å². The molecule has 1 aliphatic heterocycles. The number of likely N-dealkylation sites (tertiary alicyclic amines) is 1. The van der Waals surface area contributed by atoms with E-state index in [4.69, 9.17) is 5.11 Å². The Kier molecular flexibility index (Phi) is 6.25. The largest absolute Gasteiger partial charge is 0.481 e. The summed E-state index contributed by atoms with van der Waals surface area (Å²) in [5.74, 6) is -3.24. The van der Waals surface area contributed by atoms with Crippen molar-refractivity contribution in [2.75, 3.05) is 18.4 Å². The van der Waals surface area contributed by atoms with Crippen LogP contribution in [-0.4, -0.2) is 41.0 Å². The van der Waals surface area contributed by atoms with Gasteiger partial charge in [-0.05, 0) is 32.0 Å². The third-order valence-corrected chi connectivity index (χ3v) is 3.68. The summed E-state index contributed by atoms with van der Waals surface area (Å²) >= 11 is 0. The molecule has 8 heteroatoms. The van der Waals surface area contributed by atoms with E-state index in [1.807, 2.05) is 0 Å². The maximum absolute atomic E-state index is 13.5. The number of anilines is 1. The number of hydrogen-bond acceptors (Lipinski definition) is 3. The molecule has 22 heavy (non-hydrogen) atoms. The number of amides is 1. The van der Waals surface area contributed by atoms with Crippen molar-refractivity contribution in [2.24, 2.45) is 5.92 Å². The van der Waals surface area contributed by atoms with Crippen LogP contribution in [0.2, 0.25) is 0 Å². The minimum absolute atomic E-state index is 0. The molecule has 2 unspecified atom stereocenters. The Morgan fingerprint density at radius 1 is 1.41 bits per heavy atom. The molecule has 1 fully saturated rings. The van der Waals surface area contributed by atoms with Gasteiger partial charge in [0.1, 0.15) is 11.6 Å². The zero-order valence-corrected chi connectivity index (χ0v) is 12.7. The van der Waals surface area contributed by atoms with E-state index < -0.39 is 35.5 Å². The Labute approximate surface area is 132 Å². The van der Waals surface area contributed by atoms with Crippen molar-refractivity contribution in [3.05, 3.63) is 29.8 Å². The molecule has 0 bridgehead atoms. The lowest BCUT2D eigenvalue weighted by atomic mass is 10.1. The first-order chi connectivity index (χ1) is 9.88. The van der Waals surface area contributed by atoms with Gasteiger partial charge in [0.05, 0.1) is 17.6 Å². The predicted molar refractivity (Wildman–Crippen MR) is 79.0 cm³/mol. The molecule has 1 saturated heterocycles. The van der Waals surface area contributed by atoms with Gasteiger partial charge in [0.25, 0.3) is 0 Å². The zero-order valence-electron chi connectivity index (χ0n) is 11.9. The van der Waals surface area contributed by atoms with Crippen molar-refractivity contribution in [2.45, 2.75) is 19.4 Å². The lowest BCUT2D eigenvalue weighted by molar-refractivity contribution is -0.141. The minimum Gasteiger partial charge on any atom is -0.481 e. The predicted octanol–water partition coefficient (Wildman–Crippen LogP) is 2.12. The topological polar surface area (TPSA) is 69.6 Å². The maximum atomic E-state index is 13.5. The molecule has 0 aliphatic carbocycles. The van der Waals surface area contributed by atoms with E-state index in [0.717, 1.165) is 18.2 Å². The smallest absolute Gasteiger partial charge is 0.307 e. The number of nitrogens with zero attached hydrogens (tertiary/aromatic N) is 1. The van der Waals surface area contributed by atoms with Crippen LogP contribution in [0.1, 0.15) is 13.3 Å². The van der Waals surface area contributed by atoms with E-state index >= 15 is 0 Å². The van der Waals surface area contributed by atoms with Crippen molar-refractivity contribution in [3.63, 3.8) is 0 Å². The number of benzene rings is 1. The number of halogens is 3. The van der Waals surface area contributed by atoms with Crippen LogP contribution in [0.4, 0.5) is 14.5 Å². The van der Waals surface area contributed by atoms with E-state index in [1.54, 1.807) is 11.8 Å². The molecule has 1 amide bonds. The molecule has 0 saturated carbocycles. The summed E-state index contributed by atoms with van der Waals surface area (Å²) in [6.45, 7) is 2.36. The van der Waals surface area contributed by atoms with Crippen molar-refractivity contribution in [1.29, 1.82) is 0 Å². The second-order valence-corrected chi connectivity index (χ2v) is 5.11. The highest BCUT2D eigenvalue weighted by molar-refractivity contribution is 5.94. The van der Waals surface area contributed by atoms with Gasteiger partial charge in [0.2, 0.25) is 5.91 Å². The lowest BCUT2D eigenvalue weighted by Crippen LogP contribution is -2.41. The fourth-order valence-corrected chi connectivity index (χ4v) is 2.34. The Morgan fingerprint density at radius 2 is 2.09 bits per heavy atom. The number of carboxylic acid groups (broad SMARTS) is 1. The maximum Gasteiger partial charge on any atom is 0.307 e. The van der Waals surface area contributed by atoms with Crippen molar-refractivity contribution < 1.29 is 23.5 Å². The van der Waals surface area contributed by atoms with Crippen LogP contribution >= 0.6 is 12.4 Å². The molecule has 1 heterocycles. The summed E-state index contributed by atoms with van der Waals surface area (Å²) in [5.41, 5.74) is -0.221. The summed E-state index contributed by atoms with van der Waals surface area (Å²) in [6, 6.07) is 2.19. The number of hydrogen-bond donors (Lipinski definition) is 2. The summed E-state index contributed by atoms with van der Waals surface area (Å²) in [5, 5.41) is 11.3. The number of carboxylic acids is 1. The lowest BCUT2D eigenvalue weighted by Gasteiger charge is -2.23. The van der Waals surface area contributed by atoms with Gasteiger partial charge in [0.15, 0.2) is 0 Å². The molecule has 5 nitrogen and oxygen atoms in total. The van der Waals surface area contributed by atoms with Crippen LogP contribution in [0, 0.1) is 17.6 Å². The first kappa shape index (κ1) is 18.3. The van der Waals surface area contributed by atoms with Crippen molar-refractivity contribution in [3.8, 4) is 0 Å². The van der Waals surface area contributed by atoms with E-state index in [-0.39, 0.29) is 24.6 Å². The van der Waals surface area contributed by atoms with Gasteiger partial charge in [-0.3, -0.25) is 14.5 Å². The average Bonchev–Trinajstić information content (AvgIpc) is 2.91. The molecule has 0 spiro atoms. The molecule has 2 rings (SSSR count). The molecular weight excluding hydrogens is 318 g/mol. The Bertz CT molecular complexity index is 571. The fourth-order valence-electron chi connectivity index (χ4n) is 2.34. The summed E-state index contributed by atoms with van der Waals surface area (Å²) in [6.07, 6.45) is 0.473. The van der Waals surface area contributed by atoms with Gasteiger partial charge in [0, 0.05) is 12.6 Å². The van der Waals surface area contributed by atoms with Gasteiger partial charge >= 0.3 is 5.97 Å². The normalized spacial score (nSPS) is 19.3. The third-order valence-electron chi connectivity index (χ3n) is 3.68. The monoisotopic (exact) mass is 334 g/mol. The molecule has 1 aliphatic rings. The highest BCUT2D eigenvalue weighted by atomic mass is 35.5. The van der Waals surface area contributed by atoms with Gasteiger partial charge in [-0.1, -0.05) is 0 Å². The van der Waals surface area contributed by atoms with E-state index in [0.29, 0.717) is 13.0 Å². The first-order valence-corrected chi connectivity index (χ1v) is 6.61. The van der Waals surface area contributed by atoms with E-state index in [2.05, 4.69) is 5.32 Å². The quantitative estimate of drug-likeness (QED) is 0.885. The van der Waals surface area contributed by atoms with Crippen LogP contribution in [0.15, 0.2) is 18.2 Å². The van der Waals surface area contributed by atoms with Crippen LogP contribution < -0.4 is 5.32 Å². The number of nitrogens with one attached hydrogen (secondary N) is 1. The standard InChI is InChI=1S/C14H16F2N2O3.ClH/c1-8(18-5-4-9(7-18)14(20)21)13(19)17-12-6-10(15)2-3-11(12)16;/h2-3,6,8-9H,4-5,7H2,1H3,(H,17,19)(H,20,21);1H. The van der Waals surface area contributed by atoms with Gasteiger partial charge in [-0.25, -0.2) is 8.78 Å². The van der Waals surface area contributed by atoms with E-state index in [1.165, 1.54) is 0 Å². The third kappa shape index (κ3) is 4.14. The van der Waals surface area contributed by atoms with Crippen molar-refractivity contribution >= 4 is 30.0 Å². The summed E-state index contributed by atoms with van der Waals surface area (Å²) < 4.78 is 26.5. The molecule has 0 radical (unpaired) electrons. The van der Waals surface area contributed by atoms with Gasteiger partial charge in [-0.15, -0.1) is 12.4 Å². The summed E-state index contributed by atoms with van der Waals surface area (Å²) in [7, 11) is 0. The Hall–Kier alpha value is -1.73. The fraction of sp³-hybridized carbons (Fsp3) is 0.429. The highest BCUT2D eigenvalue weighted by Crippen LogP contribution is 2.20. The molecule has 1 aromatic carbocycles. The summed E-state index contributed by atoms with van der Waals surface area (Å²) in [4.78, 5) is 24.7. The number of aliphatic carboxylic acids is 1. The van der Waals surface area contributed by atoms with Crippen LogP contribution in [0.5, 0.6) is 0 Å². The zero-order chi connectivity index (χ0) is 15.6. The molecule has 0 aromatic heterocycles. The highest BCUT2D eigenvalue weighted by Gasteiger charge is 2.33. The SMILES string of the molecule is CC(C(=O)Nc1cc(F)ccc1F)N1CCC(C(=O)O)C1.Cl. The van der Waals surface area contributed by atoms with Crippen LogP contribution in [-0.2, 0) is 9.59 Å². The molecular formula is C14H17ClF2N2O3. The number of rotatable bonds is 4. The van der Waals surface area contributed by atoms with Gasteiger partial charge < -0.3 is 10.4 Å². The second kappa shape index (κ2) is 7.51. The molecule has 2 atom stereocenters.